The van der Waals surface area contributed by atoms with Gasteiger partial charge in [0.1, 0.15) is 0 Å². The van der Waals surface area contributed by atoms with Crippen LogP contribution in [0, 0.1) is 5.41 Å². The summed E-state index contributed by atoms with van der Waals surface area (Å²) in [6, 6.07) is 9.64. The number of hydrogen-bond donors (Lipinski definition) is 2. The van der Waals surface area contributed by atoms with Crippen LogP contribution in [-0.4, -0.2) is 39.8 Å². The fourth-order valence-electron chi connectivity index (χ4n) is 2.55. The second-order valence-electron chi connectivity index (χ2n) is 8.07. The molecule has 0 aliphatic heterocycles. The van der Waals surface area contributed by atoms with Crippen LogP contribution in [-0.2, 0) is 15.6 Å². The van der Waals surface area contributed by atoms with E-state index in [4.69, 9.17) is 0 Å². The normalized spacial score (nSPS) is 13.6. The number of guanidine groups is 1. The highest BCUT2D eigenvalue weighted by atomic mass is 127. The van der Waals surface area contributed by atoms with Crippen molar-refractivity contribution >= 4 is 39.8 Å². The average molecular weight is 509 g/mol. The molecule has 2 N–H and O–H groups in total. The Morgan fingerprint density at radius 3 is 2.37 bits per heavy atom. The summed E-state index contributed by atoms with van der Waals surface area (Å²) in [5.41, 5.74) is 1.16. The zero-order chi connectivity index (χ0) is 19.6. The molecule has 0 aromatic heterocycles. The lowest BCUT2D eigenvalue weighted by Gasteiger charge is -2.23. The first-order chi connectivity index (χ1) is 12.1. The van der Waals surface area contributed by atoms with Gasteiger partial charge in [-0.3, -0.25) is 4.99 Å². The summed E-state index contributed by atoms with van der Waals surface area (Å²) in [6.07, 6.45) is 2.76. The van der Waals surface area contributed by atoms with Crippen molar-refractivity contribution in [3.63, 3.8) is 0 Å². The summed E-state index contributed by atoms with van der Waals surface area (Å²) < 4.78 is 24.4. The first-order valence-corrected chi connectivity index (χ1v) is 11.1. The molecule has 1 unspecified atom stereocenters. The third-order valence-corrected chi connectivity index (χ3v) is 5.77. The van der Waals surface area contributed by atoms with E-state index in [0.717, 1.165) is 24.4 Å². The number of aliphatic imine (C=N–C) groups is 1. The molecule has 27 heavy (non-hydrogen) atoms. The molecule has 0 aliphatic carbocycles. The molecule has 7 heteroatoms. The lowest BCUT2D eigenvalue weighted by atomic mass is 9.89. The van der Waals surface area contributed by atoms with E-state index < -0.39 is 9.84 Å². The molecule has 156 valence electrons. The standard InChI is InChI=1S/C20H35N3O2S.HI/c1-17(12-13-20(2,3)4)23-19(21-5)22-14-9-15-26(24,25)16-18-10-7-6-8-11-18;/h6-8,10-11,17H,9,12-16H2,1-5H3,(H2,21,22,23);1H. The predicted molar refractivity (Wildman–Crippen MR) is 127 cm³/mol. The maximum absolute atomic E-state index is 12.2. The van der Waals surface area contributed by atoms with Gasteiger partial charge >= 0.3 is 0 Å². The second-order valence-corrected chi connectivity index (χ2v) is 10.3. The van der Waals surface area contributed by atoms with E-state index in [2.05, 4.69) is 43.3 Å². The van der Waals surface area contributed by atoms with Crippen LogP contribution < -0.4 is 10.6 Å². The molecule has 0 radical (unpaired) electrons. The smallest absolute Gasteiger partial charge is 0.191 e. The molecular weight excluding hydrogens is 473 g/mol. The van der Waals surface area contributed by atoms with Gasteiger partial charge in [0, 0.05) is 19.6 Å². The molecule has 0 spiro atoms. The minimum Gasteiger partial charge on any atom is -0.356 e. The number of sulfone groups is 1. The molecule has 0 saturated heterocycles. The number of nitrogens with one attached hydrogen (secondary N) is 2. The summed E-state index contributed by atoms with van der Waals surface area (Å²) in [4.78, 5) is 4.22. The van der Waals surface area contributed by atoms with E-state index in [0.29, 0.717) is 24.4 Å². The van der Waals surface area contributed by atoms with Gasteiger partial charge in [-0.25, -0.2) is 8.42 Å². The summed E-state index contributed by atoms with van der Waals surface area (Å²) in [5, 5.41) is 6.57. The first-order valence-electron chi connectivity index (χ1n) is 9.33. The van der Waals surface area contributed by atoms with E-state index in [1.54, 1.807) is 7.05 Å². The van der Waals surface area contributed by atoms with Crippen molar-refractivity contribution in [1.82, 2.24) is 10.6 Å². The van der Waals surface area contributed by atoms with E-state index in [-0.39, 0.29) is 35.5 Å². The first kappa shape index (κ1) is 26.2. The van der Waals surface area contributed by atoms with Crippen LogP contribution in [0.4, 0.5) is 0 Å². The Bertz CT molecular complexity index is 656. The molecule has 1 aromatic carbocycles. The summed E-state index contributed by atoms with van der Waals surface area (Å²) >= 11 is 0. The van der Waals surface area contributed by atoms with Crippen LogP contribution in [0.25, 0.3) is 0 Å². The second kappa shape index (κ2) is 12.6. The molecule has 0 fully saturated rings. The van der Waals surface area contributed by atoms with Gasteiger partial charge in [0.15, 0.2) is 15.8 Å². The Labute approximate surface area is 182 Å². The Kier molecular flexibility index (Phi) is 12.2. The number of nitrogens with zero attached hydrogens (tertiary/aromatic N) is 1. The molecule has 1 atom stereocenters. The molecule has 1 rings (SSSR count). The van der Waals surface area contributed by atoms with Gasteiger partial charge in [0.05, 0.1) is 11.5 Å². The molecule has 0 aliphatic rings. The fraction of sp³-hybridized carbons (Fsp3) is 0.650. The maximum atomic E-state index is 12.2. The molecule has 1 aromatic rings. The minimum atomic E-state index is -3.09. The zero-order valence-corrected chi connectivity index (χ0v) is 20.4. The molecule has 0 heterocycles. The van der Waals surface area contributed by atoms with Crippen molar-refractivity contribution in [1.29, 1.82) is 0 Å². The zero-order valence-electron chi connectivity index (χ0n) is 17.3. The lowest BCUT2D eigenvalue weighted by molar-refractivity contribution is 0.346. The predicted octanol–water partition coefficient (Wildman–Crippen LogP) is 3.99. The summed E-state index contributed by atoms with van der Waals surface area (Å²) in [6.45, 7) is 9.44. The Balaban J connectivity index is 0.00000676. The largest absolute Gasteiger partial charge is 0.356 e. The summed E-state index contributed by atoms with van der Waals surface area (Å²) in [5.74, 6) is 1.00. The van der Waals surface area contributed by atoms with Crippen LogP contribution in [0.1, 0.15) is 52.5 Å². The van der Waals surface area contributed by atoms with Crippen molar-refractivity contribution in [2.75, 3.05) is 19.3 Å². The lowest BCUT2D eigenvalue weighted by Crippen LogP contribution is -2.43. The number of rotatable bonds is 9. The van der Waals surface area contributed by atoms with Crippen LogP contribution in [0.2, 0.25) is 0 Å². The molecule has 0 amide bonds. The Hall–Kier alpha value is -0.830. The van der Waals surface area contributed by atoms with Crippen LogP contribution in [0.3, 0.4) is 0 Å². The number of benzene rings is 1. The monoisotopic (exact) mass is 509 g/mol. The van der Waals surface area contributed by atoms with Crippen molar-refractivity contribution in [3.8, 4) is 0 Å². The molecule has 5 nitrogen and oxygen atoms in total. The molecule has 0 bridgehead atoms. The highest BCUT2D eigenvalue weighted by Gasteiger charge is 2.14. The number of hydrogen-bond acceptors (Lipinski definition) is 3. The van der Waals surface area contributed by atoms with Gasteiger partial charge in [0.25, 0.3) is 0 Å². The van der Waals surface area contributed by atoms with Crippen LogP contribution >= 0.6 is 24.0 Å². The fourth-order valence-corrected chi connectivity index (χ4v) is 3.98. The third-order valence-electron chi connectivity index (χ3n) is 4.09. The van der Waals surface area contributed by atoms with Crippen molar-refractivity contribution < 1.29 is 8.42 Å². The third kappa shape index (κ3) is 13.1. The van der Waals surface area contributed by atoms with Gasteiger partial charge in [-0.15, -0.1) is 24.0 Å². The SMILES string of the molecule is CN=C(NCCCS(=O)(=O)Cc1ccccc1)NC(C)CCC(C)(C)C.I. The van der Waals surface area contributed by atoms with E-state index in [9.17, 15) is 8.42 Å². The number of halogens is 1. The van der Waals surface area contributed by atoms with Gasteiger partial charge in [-0.1, -0.05) is 51.1 Å². The Morgan fingerprint density at radius 2 is 1.81 bits per heavy atom. The highest BCUT2D eigenvalue weighted by molar-refractivity contribution is 14.0. The van der Waals surface area contributed by atoms with Crippen molar-refractivity contribution in [2.45, 2.75) is 58.8 Å². The van der Waals surface area contributed by atoms with Gasteiger partial charge in [-0.2, -0.15) is 0 Å². The quantitative estimate of drug-likeness (QED) is 0.229. The van der Waals surface area contributed by atoms with Gasteiger partial charge in [0.2, 0.25) is 0 Å². The molecule has 0 saturated carbocycles. The average Bonchev–Trinajstić information content (AvgIpc) is 2.55. The van der Waals surface area contributed by atoms with Gasteiger partial charge in [-0.05, 0) is 37.2 Å². The Morgan fingerprint density at radius 1 is 1.19 bits per heavy atom. The minimum absolute atomic E-state index is 0. The highest BCUT2D eigenvalue weighted by Crippen LogP contribution is 2.21. The van der Waals surface area contributed by atoms with E-state index in [1.165, 1.54) is 0 Å². The maximum Gasteiger partial charge on any atom is 0.191 e. The van der Waals surface area contributed by atoms with E-state index in [1.807, 2.05) is 30.3 Å². The van der Waals surface area contributed by atoms with Crippen molar-refractivity contribution in [2.24, 2.45) is 10.4 Å². The van der Waals surface area contributed by atoms with Crippen LogP contribution in [0.5, 0.6) is 0 Å². The summed E-state index contributed by atoms with van der Waals surface area (Å²) in [7, 11) is -1.35. The van der Waals surface area contributed by atoms with Crippen LogP contribution in [0.15, 0.2) is 35.3 Å². The topological polar surface area (TPSA) is 70.6 Å². The van der Waals surface area contributed by atoms with Crippen molar-refractivity contribution in [3.05, 3.63) is 35.9 Å². The van der Waals surface area contributed by atoms with E-state index >= 15 is 0 Å². The van der Waals surface area contributed by atoms with Gasteiger partial charge < -0.3 is 10.6 Å². The molecular formula is C20H36IN3O2S.